The van der Waals surface area contributed by atoms with E-state index in [0.717, 1.165) is 6.54 Å². The van der Waals surface area contributed by atoms with E-state index in [9.17, 15) is 0 Å². The van der Waals surface area contributed by atoms with Crippen LogP contribution in [0.4, 0.5) is 5.69 Å². The van der Waals surface area contributed by atoms with E-state index in [1.54, 1.807) is 0 Å². The number of aryl methyl sites for hydroxylation is 1. The zero-order valence-electron chi connectivity index (χ0n) is 11.2. The Balaban J connectivity index is 2.04. The Morgan fingerprint density at radius 3 is 2.94 bits per heavy atom. The van der Waals surface area contributed by atoms with Gasteiger partial charge >= 0.3 is 0 Å². The summed E-state index contributed by atoms with van der Waals surface area (Å²) in [4.78, 5) is 6.82. The molecule has 2 atom stereocenters. The van der Waals surface area contributed by atoms with E-state index in [0.29, 0.717) is 11.9 Å². The van der Waals surface area contributed by atoms with E-state index in [1.807, 2.05) is 0 Å². The minimum absolute atomic E-state index is 0.137. The van der Waals surface area contributed by atoms with Crippen molar-refractivity contribution >= 4 is 11.6 Å². The maximum absolute atomic E-state index is 6.15. The van der Waals surface area contributed by atoms with Gasteiger partial charge in [-0.05, 0) is 43.4 Å². The Morgan fingerprint density at radius 2 is 2.28 bits per heavy atom. The van der Waals surface area contributed by atoms with E-state index in [4.69, 9.17) is 5.73 Å². The molecule has 3 nitrogen and oxygen atoms in total. The summed E-state index contributed by atoms with van der Waals surface area (Å²) in [6.45, 7) is 5.31. The topological polar surface area (TPSA) is 41.6 Å². The van der Waals surface area contributed by atoms with Crippen LogP contribution >= 0.6 is 0 Å². The van der Waals surface area contributed by atoms with Gasteiger partial charge in [0.05, 0.1) is 12.1 Å². The van der Waals surface area contributed by atoms with Crippen molar-refractivity contribution in [2.45, 2.75) is 38.6 Å². The summed E-state index contributed by atoms with van der Waals surface area (Å²) in [7, 11) is 0. The van der Waals surface area contributed by atoms with E-state index in [1.165, 1.54) is 30.5 Å². The third-order valence-electron chi connectivity index (χ3n) is 4.61. The lowest BCUT2D eigenvalue weighted by Gasteiger charge is -2.39. The highest BCUT2D eigenvalue weighted by Crippen LogP contribution is 2.45. The molecule has 0 bridgehead atoms. The lowest BCUT2D eigenvalue weighted by atomic mass is 9.87. The molecule has 1 aromatic carbocycles. The fourth-order valence-electron chi connectivity index (χ4n) is 3.54. The van der Waals surface area contributed by atoms with Crippen molar-refractivity contribution in [2.24, 2.45) is 16.6 Å². The summed E-state index contributed by atoms with van der Waals surface area (Å²) in [6.07, 6.45) is 3.77. The normalized spacial score (nSPS) is 31.1. The summed E-state index contributed by atoms with van der Waals surface area (Å²) in [6, 6.07) is 8.58. The highest BCUT2D eigenvalue weighted by atomic mass is 15.4. The second-order valence-corrected chi connectivity index (χ2v) is 5.75. The van der Waals surface area contributed by atoms with E-state index in [-0.39, 0.29) is 5.54 Å². The Kier molecular flexibility index (Phi) is 2.58. The second kappa shape index (κ2) is 4.01. The Bertz CT molecular complexity index is 494. The van der Waals surface area contributed by atoms with Gasteiger partial charge in [0.15, 0.2) is 5.96 Å². The molecule has 2 unspecified atom stereocenters. The maximum atomic E-state index is 6.15. The Morgan fingerprint density at radius 1 is 1.44 bits per heavy atom. The molecule has 1 spiro atoms. The summed E-state index contributed by atoms with van der Waals surface area (Å²) in [5.74, 6) is 1.34. The third-order valence-corrected chi connectivity index (χ3v) is 4.61. The van der Waals surface area contributed by atoms with E-state index in [2.05, 4.69) is 48.0 Å². The van der Waals surface area contributed by atoms with Gasteiger partial charge < -0.3 is 10.6 Å². The Labute approximate surface area is 109 Å². The van der Waals surface area contributed by atoms with Crippen LogP contribution in [0.25, 0.3) is 0 Å². The summed E-state index contributed by atoms with van der Waals surface area (Å²) >= 11 is 0. The first kappa shape index (κ1) is 11.6. The number of nitrogens with two attached hydrogens (primary N) is 1. The van der Waals surface area contributed by atoms with Gasteiger partial charge in [-0.25, -0.2) is 0 Å². The molecule has 18 heavy (non-hydrogen) atoms. The number of hydrogen-bond acceptors (Lipinski definition) is 3. The molecule has 1 aromatic rings. The standard InChI is InChI=1S/C15H21N3/c1-11-5-3-7-13(9-11)18-14(16)17-10-15(18)8-4-6-12(15)2/h3,5,7,9,12H,4,6,8,10H2,1-2H3,(H2,16,17). The van der Waals surface area contributed by atoms with Crippen molar-refractivity contribution in [3.8, 4) is 0 Å². The molecular weight excluding hydrogens is 222 g/mol. The zero-order chi connectivity index (χ0) is 12.8. The van der Waals surface area contributed by atoms with Gasteiger partial charge in [0.1, 0.15) is 0 Å². The smallest absolute Gasteiger partial charge is 0.196 e. The van der Waals surface area contributed by atoms with Crippen LogP contribution in [0, 0.1) is 12.8 Å². The maximum Gasteiger partial charge on any atom is 0.196 e. The average molecular weight is 243 g/mol. The molecule has 96 valence electrons. The zero-order valence-corrected chi connectivity index (χ0v) is 11.2. The summed E-state index contributed by atoms with van der Waals surface area (Å²) in [5.41, 5.74) is 8.76. The quantitative estimate of drug-likeness (QED) is 0.824. The molecule has 1 fully saturated rings. The van der Waals surface area contributed by atoms with Gasteiger partial charge in [0.25, 0.3) is 0 Å². The van der Waals surface area contributed by atoms with Gasteiger partial charge in [-0.2, -0.15) is 0 Å². The first-order chi connectivity index (χ1) is 8.63. The number of aliphatic imine (C=N–C) groups is 1. The SMILES string of the molecule is Cc1cccc(N2C(N)=NCC23CCCC3C)c1. The van der Waals surface area contributed by atoms with Crippen LogP contribution < -0.4 is 10.6 Å². The largest absolute Gasteiger partial charge is 0.369 e. The molecule has 1 aliphatic carbocycles. The fourth-order valence-corrected chi connectivity index (χ4v) is 3.54. The van der Waals surface area contributed by atoms with E-state index >= 15 is 0 Å². The molecule has 1 heterocycles. The third kappa shape index (κ3) is 1.53. The average Bonchev–Trinajstić information content (AvgIpc) is 2.85. The molecule has 0 aromatic heterocycles. The molecule has 0 radical (unpaired) electrons. The molecule has 1 aliphatic heterocycles. The minimum atomic E-state index is 0.137. The minimum Gasteiger partial charge on any atom is -0.369 e. The molecule has 1 saturated carbocycles. The van der Waals surface area contributed by atoms with Crippen molar-refractivity contribution in [3.63, 3.8) is 0 Å². The number of benzene rings is 1. The predicted octanol–water partition coefficient (Wildman–Crippen LogP) is 2.69. The highest BCUT2D eigenvalue weighted by Gasteiger charge is 2.49. The number of hydrogen-bond donors (Lipinski definition) is 1. The van der Waals surface area contributed by atoms with E-state index < -0.39 is 0 Å². The van der Waals surface area contributed by atoms with Crippen LogP contribution in [0.5, 0.6) is 0 Å². The van der Waals surface area contributed by atoms with Gasteiger partial charge in [-0.1, -0.05) is 25.5 Å². The lowest BCUT2D eigenvalue weighted by Crippen LogP contribution is -2.53. The van der Waals surface area contributed by atoms with Crippen molar-refractivity contribution in [3.05, 3.63) is 29.8 Å². The Hall–Kier alpha value is -1.51. The van der Waals surface area contributed by atoms with Crippen molar-refractivity contribution in [1.82, 2.24) is 0 Å². The summed E-state index contributed by atoms with van der Waals surface area (Å²) < 4.78 is 0. The molecule has 3 heteroatoms. The van der Waals surface area contributed by atoms with Crippen LogP contribution in [0.15, 0.2) is 29.3 Å². The molecule has 2 N–H and O–H groups in total. The highest BCUT2D eigenvalue weighted by molar-refractivity contribution is 5.98. The van der Waals surface area contributed by atoms with Gasteiger partial charge in [0.2, 0.25) is 0 Å². The van der Waals surface area contributed by atoms with Crippen LogP contribution in [-0.2, 0) is 0 Å². The van der Waals surface area contributed by atoms with Crippen molar-refractivity contribution in [2.75, 3.05) is 11.4 Å². The van der Waals surface area contributed by atoms with Crippen molar-refractivity contribution < 1.29 is 0 Å². The number of rotatable bonds is 1. The number of guanidine groups is 1. The molecule has 0 amide bonds. The van der Waals surface area contributed by atoms with Crippen molar-refractivity contribution in [1.29, 1.82) is 0 Å². The number of nitrogens with zero attached hydrogens (tertiary/aromatic N) is 2. The fraction of sp³-hybridized carbons (Fsp3) is 0.533. The molecule has 3 rings (SSSR count). The molecule has 0 saturated heterocycles. The van der Waals surface area contributed by atoms with Crippen LogP contribution in [0.2, 0.25) is 0 Å². The summed E-state index contributed by atoms with van der Waals surface area (Å²) in [5, 5.41) is 0. The van der Waals surface area contributed by atoms with Gasteiger partial charge in [0, 0.05) is 5.69 Å². The molecule has 2 aliphatic rings. The second-order valence-electron chi connectivity index (χ2n) is 5.75. The first-order valence-electron chi connectivity index (χ1n) is 6.80. The van der Waals surface area contributed by atoms with Crippen LogP contribution in [0.3, 0.4) is 0 Å². The van der Waals surface area contributed by atoms with Gasteiger partial charge in [-0.3, -0.25) is 4.99 Å². The molecular formula is C15H21N3. The monoisotopic (exact) mass is 243 g/mol. The van der Waals surface area contributed by atoms with Crippen LogP contribution in [-0.4, -0.2) is 18.0 Å². The van der Waals surface area contributed by atoms with Gasteiger partial charge in [-0.15, -0.1) is 0 Å². The predicted molar refractivity (Wildman–Crippen MR) is 75.9 cm³/mol. The van der Waals surface area contributed by atoms with Crippen LogP contribution in [0.1, 0.15) is 31.7 Å². The first-order valence-corrected chi connectivity index (χ1v) is 6.80. The number of anilines is 1. The lowest BCUT2D eigenvalue weighted by molar-refractivity contribution is 0.365.